The number of fused-ring (bicyclic) bond motifs is 1. The highest BCUT2D eigenvalue weighted by Crippen LogP contribution is 2.17. The van der Waals surface area contributed by atoms with E-state index in [2.05, 4.69) is 15.0 Å². The number of aromatic nitrogens is 4. The second kappa shape index (κ2) is 2.75. The van der Waals surface area contributed by atoms with Crippen molar-refractivity contribution in [1.82, 2.24) is 19.5 Å². The van der Waals surface area contributed by atoms with Gasteiger partial charge in [-0.05, 0) is 6.26 Å². The van der Waals surface area contributed by atoms with Crippen molar-refractivity contribution < 1.29 is 0 Å². The summed E-state index contributed by atoms with van der Waals surface area (Å²) < 4.78 is 1.96. The lowest BCUT2D eigenvalue weighted by Crippen LogP contribution is -1.91. The number of aryl methyl sites for hydroxylation is 1. The smallest absolute Gasteiger partial charge is 0.169 e. The number of hydrogen-bond acceptors (Lipinski definition) is 4. The predicted octanol–water partition coefficient (Wildman–Crippen LogP) is 1.09. The van der Waals surface area contributed by atoms with Crippen LogP contribution in [0, 0.1) is 0 Å². The highest BCUT2D eigenvalue weighted by molar-refractivity contribution is 7.98. The zero-order valence-electron chi connectivity index (χ0n) is 6.85. The third-order valence-corrected chi connectivity index (χ3v) is 2.41. The molecule has 0 radical (unpaired) electrons. The fourth-order valence-electron chi connectivity index (χ4n) is 1.10. The highest BCUT2D eigenvalue weighted by atomic mass is 32.2. The Morgan fingerprint density at radius 3 is 3.00 bits per heavy atom. The lowest BCUT2D eigenvalue weighted by molar-refractivity contribution is 0.807. The molecular weight excluding hydrogens is 172 g/mol. The molecule has 0 aliphatic carbocycles. The van der Waals surface area contributed by atoms with Crippen LogP contribution in [0.15, 0.2) is 17.7 Å². The summed E-state index contributed by atoms with van der Waals surface area (Å²) in [4.78, 5) is 12.4. The zero-order chi connectivity index (χ0) is 8.55. The molecule has 2 aromatic heterocycles. The van der Waals surface area contributed by atoms with E-state index in [1.54, 1.807) is 18.0 Å². The molecular formula is C7H8N4S. The van der Waals surface area contributed by atoms with E-state index < -0.39 is 0 Å². The SMILES string of the molecule is CSc1nc2cncnc2n1C. The van der Waals surface area contributed by atoms with Crippen molar-refractivity contribution in [2.45, 2.75) is 5.16 Å². The first-order chi connectivity index (χ1) is 5.83. The van der Waals surface area contributed by atoms with Gasteiger partial charge < -0.3 is 4.57 Å². The van der Waals surface area contributed by atoms with Gasteiger partial charge in [0.15, 0.2) is 10.8 Å². The maximum absolute atomic E-state index is 4.33. The fraction of sp³-hybridized carbons (Fsp3) is 0.286. The van der Waals surface area contributed by atoms with Gasteiger partial charge in [0.2, 0.25) is 0 Å². The van der Waals surface area contributed by atoms with Crippen molar-refractivity contribution in [2.75, 3.05) is 6.26 Å². The standard InChI is InChI=1S/C7H8N4S/c1-11-6-5(3-8-4-9-6)10-7(11)12-2/h3-4H,1-2H3. The first-order valence-electron chi connectivity index (χ1n) is 3.49. The Morgan fingerprint density at radius 1 is 1.50 bits per heavy atom. The molecule has 2 aromatic rings. The van der Waals surface area contributed by atoms with Gasteiger partial charge in [0.25, 0.3) is 0 Å². The van der Waals surface area contributed by atoms with E-state index in [1.807, 2.05) is 17.9 Å². The first kappa shape index (κ1) is 7.54. The largest absolute Gasteiger partial charge is 0.307 e. The van der Waals surface area contributed by atoms with Crippen LogP contribution in [0.1, 0.15) is 0 Å². The minimum atomic E-state index is 0.851. The molecule has 0 amide bonds. The number of rotatable bonds is 1. The first-order valence-corrected chi connectivity index (χ1v) is 4.72. The van der Waals surface area contributed by atoms with Crippen molar-refractivity contribution >= 4 is 22.9 Å². The summed E-state index contributed by atoms with van der Waals surface area (Å²) in [6, 6.07) is 0. The van der Waals surface area contributed by atoms with Crippen LogP contribution in [0.2, 0.25) is 0 Å². The molecule has 0 unspecified atom stereocenters. The fourth-order valence-corrected chi connectivity index (χ4v) is 1.65. The van der Waals surface area contributed by atoms with Gasteiger partial charge in [0, 0.05) is 7.05 Å². The number of hydrogen-bond donors (Lipinski definition) is 0. The maximum atomic E-state index is 4.33. The molecule has 0 bridgehead atoms. The molecule has 0 N–H and O–H groups in total. The van der Waals surface area contributed by atoms with Crippen LogP contribution in [0.3, 0.4) is 0 Å². The predicted molar refractivity (Wildman–Crippen MR) is 48.1 cm³/mol. The molecule has 0 saturated carbocycles. The molecule has 0 spiro atoms. The molecule has 0 aliphatic heterocycles. The van der Waals surface area contributed by atoms with Gasteiger partial charge >= 0.3 is 0 Å². The third kappa shape index (κ3) is 0.972. The minimum absolute atomic E-state index is 0.851. The molecule has 0 atom stereocenters. The van der Waals surface area contributed by atoms with E-state index in [0.29, 0.717) is 0 Å². The van der Waals surface area contributed by atoms with E-state index in [4.69, 9.17) is 0 Å². The Morgan fingerprint density at radius 2 is 2.33 bits per heavy atom. The van der Waals surface area contributed by atoms with Crippen LogP contribution in [0.4, 0.5) is 0 Å². The highest BCUT2D eigenvalue weighted by Gasteiger charge is 2.05. The van der Waals surface area contributed by atoms with Crippen molar-refractivity contribution in [1.29, 1.82) is 0 Å². The quantitative estimate of drug-likeness (QED) is 0.616. The van der Waals surface area contributed by atoms with Crippen molar-refractivity contribution in [3.05, 3.63) is 12.5 Å². The van der Waals surface area contributed by atoms with E-state index in [-0.39, 0.29) is 0 Å². The second-order valence-corrected chi connectivity index (χ2v) is 3.16. The Kier molecular flexibility index (Phi) is 1.73. The van der Waals surface area contributed by atoms with Crippen LogP contribution in [0.25, 0.3) is 11.2 Å². The van der Waals surface area contributed by atoms with Gasteiger partial charge in [0.05, 0.1) is 6.20 Å². The number of thioether (sulfide) groups is 1. The van der Waals surface area contributed by atoms with Gasteiger partial charge in [-0.1, -0.05) is 11.8 Å². The Labute approximate surface area is 74.0 Å². The van der Waals surface area contributed by atoms with E-state index in [1.165, 1.54) is 6.33 Å². The van der Waals surface area contributed by atoms with Crippen LogP contribution in [0.5, 0.6) is 0 Å². The second-order valence-electron chi connectivity index (χ2n) is 2.39. The summed E-state index contributed by atoms with van der Waals surface area (Å²) in [5, 5.41) is 0.963. The van der Waals surface area contributed by atoms with Crippen LogP contribution in [-0.2, 0) is 7.05 Å². The molecule has 2 heterocycles. The lowest BCUT2D eigenvalue weighted by Gasteiger charge is -1.94. The van der Waals surface area contributed by atoms with E-state index >= 15 is 0 Å². The molecule has 0 aromatic carbocycles. The summed E-state index contributed by atoms with van der Waals surface area (Å²) in [5.41, 5.74) is 1.73. The Hall–Kier alpha value is -1.10. The number of nitrogens with zero attached hydrogens (tertiary/aromatic N) is 4. The van der Waals surface area contributed by atoms with Crippen molar-refractivity contribution in [2.24, 2.45) is 7.05 Å². The molecule has 5 heteroatoms. The van der Waals surface area contributed by atoms with Gasteiger partial charge in [0.1, 0.15) is 11.8 Å². The molecule has 0 fully saturated rings. The van der Waals surface area contributed by atoms with Crippen LogP contribution in [-0.4, -0.2) is 25.8 Å². The normalized spacial score (nSPS) is 10.8. The van der Waals surface area contributed by atoms with Crippen LogP contribution < -0.4 is 0 Å². The van der Waals surface area contributed by atoms with Crippen LogP contribution >= 0.6 is 11.8 Å². The minimum Gasteiger partial charge on any atom is -0.307 e. The molecule has 4 nitrogen and oxygen atoms in total. The van der Waals surface area contributed by atoms with Crippen molar-refractivity contribution in [3.8, 4) is 0 Å². The molecule has 2 rings (SSSR count). The lowest BCUT2D eigenvalue weighted by atomic mass is 10.6. The average Bonchev–Trinajstić information content (AvgIpc) is 2.44. The van der Waals surface area contributed by atoms with E-state index in [0.717, 1.165) is 16.3 Å². The monoisotopic (exact) mass is 180 g/mol. The molecule has 12 heavy (non-hydrogen) atoms. The Bertz CT molecular complexity index is 409. The summed E-state index contributed by atoms with van der Waals surface area (Å²) >= 11 is 1.61. The Balaban J connectivity index is 2.78. The van der Waals surface area contributed by atoms with Crippen molar-refractivity contribution in [3.63, 3.8) is 0 Å². The number of imidazole rings is 1. The maximum Gasteiger partial charge on any atom is 0.169 e. The van der Waals surface area contributed by atoms with Gasteiger partial charge in [-0.25, -0.2) is 15.0 Å². The zero-order valence-corrected chi connectivity index (χ0v) is 7.67. The summed E-state index contributed by atoms with van der Waals surface area (Å²) in [5.74, 6) is 0. The average molecular weight is 180 g/mol. The molecule has 0 aliphatic rings. The van der Waals surface area contributed by atoms with Gasteiger partial charge in [-0.2, -0.15) is 0 Å². The summed E-state index contributed by atoms with van der Waals surface area (Å²) in [7, 11) is 1.95. The topological polar surface area (TPSA) is 43.6 Å². The molecule has 62 valence electrons. The summed E-state index contributed by atoms with van der Waals surface area (Å²) in [6.07, 6.45) is 5.25. The third-order valence-electron chi connectivity index (χ3n) is 1.68. The van der Waals surface area contributed by atoms with Gasteiger partial charge in [-0.15, -0.1) is 0 Å². The van der Waals surface area contributed by atoms with Gasteiger partial charge in [-0.3, -0.25) is 0 Å². The molecule has 0 saturated heterocycles. The summed E-state index contributed by atoms with van der Waals surface area (Å²) in [6.45, 7) is 0. The van der Waals surface area contributed by atoms with E-state index in [9.17, 15) is 0 Å².